The second kappa shape index (κ2) is 6.18. The third kappa shape index (κ3) is 2.84. The zero-order chi connectivity index (χ0) is 14.8. The van der Waals surface area contributed by atoms with Gasteiger partial charge in [0.05, 0.1) is 5.02 Å². The topological polar surface area (TPSA) is 24.9 Å². The summed E-state index contributed by atoms with van der Waals surface area (Å²) < 4.78 is 14.2. The van der Waals surface area contributed by atoms with Gasteiger partial charge < -0.3 is 5.32 Å². The fourth-order valence-corrected chi connectivity index (χ4v) is 3.37. The van der Waals surface area contributed by atoms with Gasteiger partial charge in [0.2, 0.25) is 0 Å². The molecule has 0 saturated heterocycles. The van der Waals surface area contributed by atoms with Crippen LogP contribution in [0.1, 0.15) is 50.6 Å². The molecule has 0 radical (unpaired) electrons. The summed E-state index contributed by atoms with van der Waals surface area (Å²) in [6.45, 7) is 2.95. The molecule has 1 saturated carbocycles. The maximum atomic E-state index is 14.2. The summed E-state index contributed by atoms with van der Waals surface area (Å²) >= 11 is 6.28. The summed E-state index contributed by atoms with van der Waals surface area (Å²) in [5.41, 5.74) is 2.30. The lowest BCUT2D eigenvalue weighted by molar-refractivity contribution is 0.633. The van der Waals surface area contributed by atoms with Gasteiger partial charge in [-0.25, -0.2) is 9.37 Å². The van der Waals surface area contributed by atoms with Crippen molar-refractivity contribution in [3.63, 3.8) is 0 Å². The Kier molecular flexibility index (Phi) is 4.29. The van der Waals surface area contributed by atoms with Crippen molar-refractivity contribution in [2.24, 2.45) is 0 Å². The Morgan fingerprint density at radius 2 is 2.10 bits per heavy atom. The normalized spacial score (nSPS) is 15.8. The fraction of sp³-hybridized carbons (Fsp3) is 0.471. The summed E-state index contributed by atoms with van der Waals surface area (Å²) in [5, 5.41) is 4.63. The van der Waals surface area contributed by atoms with Crippen molar-refractivity contribution < 1.29 is 4.39 Å². The Morgan fingerprint density at radius 3 is 2.81 bits per heavy atom. The molecule has 0 unspecified atom stereocenters. The van der Waals surface area contributed by atoms with Gasteiger partial charge in [-0.15, -0.1) is 0 Å². The van der Waals surface area contributed by atoms with E-state index in [4.69, 9.17) is 11.6 Å². The summed E-state index contributed by atoms with van der Waals surface area (Å²) in [6, 6.07) is 5.08. The summed E-state index contributed by atoms with van der Waals surface area (Å²) in [4.78, 5) is 4.59. The van der Waals surface area contributed by atoms with Gasteiger partial charge in [-0.1, -0.05) is 31.4 Å². The lowest BCUT2D eigenvalue weighted by atomic mass is 10.0. The number of rotatable bonds is 4. The Labute approximate surface area is 129 Å². The van der Waals surface area contributed by atoms with Crippen LogP contribution < -0.4 is 5.32 Å². The predicted molar refractivity (Wildman–Crippen MR) is 86.7 cm³/mol. The summed E-state index contributed by atoms with van der Waals surface area (Å²) in [6.07, 6.45) is 5.78. The Hall–Kier alpha value is -1.35. The van der Waals surface area contributed by atoms with Crippen LogP contribution in [0.5, 0.6) is 0 Å². The molecule has 112 valence electrons. The van der Waals surface area contributed by atoms with Crippen LogP contribution in [-0.4, -0.2) is 11.5 Å². The molecule has 1 aromatic carbocycles. The van der Waals surface area contributed by atoms with Gasteiger partial charge >= 0.3 is 0 Å². The minimum atomic E-state index is -0.297. The summed E-state index contributed by atoms with van der Waals surface area (Å²) in [7, 11) is 0. The van der Waals surface area contributed by atoms with Crippen molar-refractivity contribution in [1.29, 1.82) is 0 Å². The molecule has 0 spiro atoms. The van der Waals surface area contributed by atoms with Crippen molar-refractivity contribution in [2.75, 3.05) is 11.9 Å². The third-order valence-electron chi connectivity index (χ3n) is 4.22. The van der Waals surface area contributed by atoms with E-state index in [0.29, 0.717) is 21.8 Å². The number of nitrogens with zero attached hydrogens (tertiary/aromatic N) is 1. The average molecular weight is 307 g/mol. The van der Waals surface area contributed by atoms with Crippen molar-refractivity contribution in [2.45, 2.75) is 44.9 Å². The molecule has 2 nitrogen and oxygen atoms in total. The first-order chi connectivity index (χ1) is 10.2. The van der Waals surface area contributed by atoms with Crippen molar-refractivity contribution in [1.82, 2.24) is 4.98 Å². The maximum absolute atomic E-state index is 14.2. The van der Waals surface area contributed by atoms with Crippen LogP contribution in [0.15, 0.2) is 18.2 Å². The first-order valence-corrected chi connectivity index (χ1v) is 8.11. The van der Waals surface area contributed by atoms with E-state index in [2.05, 4.69) is 23.3 Å². The van der Waals surface area contributed by atoms with E-state index in [1.54, 1.807) is 6.07 Å². The number of aromatic nitrogens is 1. The molecule has 0 amide bonds. The molecule has 0 atom stereocenters. The van der Waals surface area contributed by atoms with E-state index >= 15 is 0 Å². The van der Waals surface area contributed by atoms with Crippen molar-refractivity contribution >= 4 is 28.2 Å². The van der Waals surface area contributed by atoms with E-state index in [-0.39, 0.29) is 5.82 Å². The van der Waals surface area contributed by atoms with E-state index < -0.39 is 0 Å². The number of hydrogen-bond donors (Lipinski definition) is 1. The molecule has 1 aromatic heterocycles. The van der Waals surface area contributed by atoms with Crippen LogP contribution in [0.25, 0.3) is 10.9 Å². The number of hydrogen-bond acceptors (Lipinski definition) is 2. The molecule has 0 aliphatic heterocycles. The highest BCUT2D eigenvalue weighted by Crippen LogP contribution is 2.38. The van der Waals surface area contributed by atoms with Crippen LogP contribution in [-0.2, 0) is 0 Å². The Bertz CT molecular complexity index is 651. The number of nitrogens with one attached hydrogen (secondary N) is 1. The Morgan fingerprint density at radius 1 is 1.33 bits per heavy atom. The third-order valence-corrected chi connectivity index (χ3v) is 4.53. The van der Waals surface area contributed by atoms with Crippen LogP contribution >= 0.6 is 11.6 Å². The quantitative estimate of drug-likeness (QED) is 0.806. The lowest BCUT2D eigenvalue weighted by Crippen LogP contribution is -2.05. The molecule has 0 bridgehead atoms. The predicted octanol–water partition coefficient (Wildman–Crippen LogP) is 5.51. The smallest absolute Gasteiger partial charge is 0.149 e. The second-order valence-corrected chi connectivity index (χ2v) is 6.16. The van der Waals surface area contributed by atoms with E-state index in [0.717, 1.165) is 37.2 Å². The zero-order valence-corrected chi connectivity index (χ0v) is 13.0. The lowest BCUT2D eigenvalue weighted by Gasteiger charge is -2.16. The number of fused-ring (bicyclic) bond motifs is 1. The maximum Gasteiger partial charge on any atom is 0.149 e. The molecule has 3 rings (SSSR count). The van der Waals surface area contributed by atoms with E-state index in [1.807, 2.05) is 0 Å². The first-order valence-electron chi connectivity index (χ1n) is 7.73. The first kappa shape index (κ1) is 14.6. The minimum absolute atomic E-state index is 0.297. The minimum Gasteiger partial charge on any atom is -0.384 e. The highest BCUT2D eigenvalue weighted by Gasteiger charge is 2.21. The average Bonchev–Trinajstić information content (AvgIpc) is 3.02. The number of anilines is 1. The molecule has 4 heteroatoms. The van der Waals surface area contributed by atoms with Crippen LogP contribution in [0.4, 0.5) is 10.1 Å². The van der Waals surface area contributed by atoms with Crippen LogP contribution in [0.2, 0.25) is 5.02 Å². The van der Waals surface area contributed by atoms with Crippen LogP contribution in [0.3, 0.4) is 0 Å². The standard InChI is InChI=1S/C17H20ClFN2/c1-2-9-20-15-10-14(11-5-3-4-6-11)21-17-13(19)8-7-12(18)16(15)17/h7-8,10-11H,2-6,9H2,1H3,(H,20,21). The Balaban J connectivity index is 2.16. The molecule has 21 heavy (non-hydrogen) atoms. The van der Waals surface area contributed by atoms with Gasteiger partial charge in [-0.3, -0.25) is 0 Å². The van der Waals surface area contributed by atoms with Crippen molar-refractivity contribution in [3.05, 3.63) is 34.7 Å². The van der Waals surface area contributed by atoms with Crippen LogP contribution in [0, 0.1) is 5.82 Å². The monoisotopic (exact) mass is 306 g/mol. The molecule has 1 heterocycles. The van der Waals surface area contributed by atoms with E-state index in [1.165, 1.54) is 18.9 Å². The SMILES string of the molecule is CCCNc1cc(C2CCCC2)nc2c(F)ccc(Cl)c12. The molecule has 1 aliphatic carbocycles. The largest absolute Gasteiger partial charge is 0.384 e. The van der Waals surface area contributed by atoms with Crippen molar-refractivity contribution in [3.8, 4) is 0 Å². The molecule has 1 fully saturated rings. The second-order valence-electron chi connectivity index (χ2n) is 5.76. The molecule has 2 aromatic rings. The highest BCUT2D eigenvalue weighted by atomic mass is 35.5. The molecular formula is C17H20ClFN2. The van der Waals surface area contributed by atoms with Gasteiger partial charge in [0, 0.05) is 29.2 Å². The number of halogens is 2. The van der Waals surface area contributed by atoms with Gasteiger partial charge in [-0.2, -0.15) is 0 Å². The number of pyridine rings is 1. The number of benzene rings is 1. The molecular weight excluding hydrogens is 287 g/mol. The fourth-order valence-electron chi connectivity index (χ4n) is 3.12. The van der Waals surface area contributed by atoms with Gasteiger partial charge in [0.25, 0.3) is 0 Å². The van der Waals surface area contributed by atoms with Gasteiger partial charge in [0.15, 0.2) is 0 Å². The highest BCUT2D eigenvalue weighted by molar-refractivity contribution is 6.36. The molecule has 1 aliphatic rings. The van der Waals surface area contributed by atoms with E-state index in [9.17, 15) is 4.39 Å². The summed E-state index contributed by atoms with van der Waals surface area (Å²) in [5.74, 6) is 0.156. The van der Waals surface area contributed by atoms with Gasteiger partial charge in [0.1, 0.15) is 11.3 Å². The molecule has 1 N–H and O–H groups in total. The zero-order valence-electron chi connectivity index (χ0n) is 12.3. The van der Waals surface area contributed by atoms with Gasteiger partial charge in [-0.05, 0) is 37.5 Å².